The predicted molar refractivity (Wildman–Crippen MR) is 44.5 cm³/mol. The van der Waals surface area contributed by atoms with Gasteiger partial charge >= 0.3 is 0 Å². The van der Waals surface area contributed by atoms with Gasteiger partial charge in [0, 0.05) is 0 Å². The largest absolute Gasteiger partial charge is 0.275 e. The monoisotopic (exact) mass is 214 g/mol. The van der Waals surface area contributed by atoms with Gasteiger partial charge in [0.2, 0.25) is 0 Å². The van der Waals surface area contributed by atoms with Crippen molar-refractivity contribution in [1.29, 1.82) is 0 Å². The number of carbonyl (C=O) groups excluding carboxylic acids is 1. The third-order valence-electron chi connectivity index (χ3n) is 0.835. The van der Waals surface area contributed by atoms with E-state index >= 15 is 0 Å². The fourth-order valence-electron chi connectivity index (χ4n) is 0.475. The van der Waals surface area contributed by atoms with Crippen LogP contribution in [-0.4, -0.2) is 5.24 Å². The Morgan fingerprint density at radius 1 is 1.50 bits per heavy atom. The van der Waals surface area contributed by atoms with Crippen LogP contribution >= 0.6 is 46.1 Å². The number of thiophene rings is 1. The van der Waals surface area contributed by atoms with Crippen LogP contribution in [0.2, 0.25) is 9.36 Å². The zero-order chi connectivity index (χ0) is 7.72. The van der Waals surface area contributed by atoms with Gasteiger partial charge in [0.05, 0.1) is 9.36 Å². The molecule has 0 saturated heterocycles. The van der Waals surface area contributed by atoms with Gasteiger partial charge in [-0.15, -0.1) is 11.3 Å². The highest BCUT2D eigenvalue weighted by molar-refractivity contribution is 7.20. The Labute approximate surface area is 76.5 Å². The molecule has 0 aliphatic rings. The van der Waals surface area contributed by atoms with Crippen LogP contribution in [0.4, 0.5) is 0 Å². The normalized spacial score (nSPS) is 9.90. The van der Waals surface area contributed by atoms with Crippen LogP contribution in [0.5, 0.6) is 0 Å². The number of halogens is 3. The summed E-state index contributed by atoms with van der Waals surface area (Å²) in [5.41, 5.74) is 0. The standard InChI is InChI=1S/C5HCl3OS/c6-2-1-3(7)10-4(2)5(8)9/h1H. The summed E-state index contributed by atoms with van der Waals surface area (Å²) in [4.78, 5) is 10.8. The second kappa shape index (κ2) is 3.09. The maximum atomic E-state index is 10.5. The average Bonchev–Trinajstić information content (AvgIpc) is 2.10. The molecule has 0 radical (unpaired) electrons. The lowest BCUT2D eigenvalue weighted by Crippen LogP contribution is -1.80. The van der Waals surface area contributed by atoms with Crippen molar-refractivity contribution in [3.05, 3.63) is 20.3 Å². The van der Waals surface area contributed by atoms with Crippen molar-refractivity contribution in [1.82, 2.24) is 0 Å². The highest BCUT2D eigenvalue weighted by Crippen LogP contribution is 2.31. The van der Waals surface area contributed by atoms with Crippen molar-refractivity contribution in [3.63, 3.8) is 0 Å². The molecule has 0 aromatic carbocycles. The molecule has 1 rings (SSSR count). The molecule has 0 fully saturated rings. The molecule has 0 saturated carbocycles. The zero-order valence-electron chi connectivity index (χ0n) is 4.53. The Bertz CT molecular complexity index is 268. The van der Waals surface area contributed by atoms with Gasteiger partial charge in [0.25, 0.3) is 5.24 Å². The maximum absolute atomic E-state index is 10.5. The van der Waals surface area contributed by atoms with Crippen LogP contribution in [0.15, 0.2) is 6.07 Å². The summed E-state index contributed by atoms with van der Waals surface area (Å²) in [6.45, 7) is 0. The first-order chi connectivity index (χ1) is 4.61. The molecule has 1 heterocycles. The smallest absolute Gasteiger partial charge is 0.263 e. The second-order valence-electron chi connectivity index (χ2n) is 1.50. The Kier molecular flexibility index (Phi) is 2.58. The van der Waals surface area contributed by atoms with Crippen molar-refractivity contribution in [2.75, 3.05) is 0 Å². The minimum absolute atomic E-state index is 0.299. The zero-order valence-corrected chi connectivity index (χ0v) is 7.61. The SMILES string of the molecule is O=C(Cl)c1sc(Cl)cc1Cl. The topological polar surface area (TPSA) is 17.1 Å². The van der Waals surface area contributed by atoms with Crippen LogP contribution in [0.3, 0.4) is 0 Å². The minimum atomic E-state index is -0.568. The minimum Gasteiger partial charge on any atom is -0.275 e. The fraction of sp³-hybridized carbons (Fsp3) is 0. The molecule has 54 valence electrons. The molecule has 0 aliphatic heterocycles. The second-order valence-corrected chi connectivity index (χ2v) is 3.94. The fourth-order valence-corrected chi connectivity index (χ4v) is 2.12. The summed E-state index contributed by atoms with van der Waals surface area (Å²) in [6, 6.07) is 1.49. The molecule has 0 atom stereocenters. The molecule has 1 aromatic heterocycles. The van der Waals surface area contributed by atoms with Gasteiger partial charge < -0.3 is 0 Å². The Morgan fingerprint density at radius 3 is 2.30 bits per heavy atom. The van der Waals surface area contributed by atoms with E-state index in [2.05, 4.69) is 0 Å². The number of hydrogen-bond acceptors (Lipinski definition) is 2. The molecule has 0 spiro atoms. The predicted octanol–water partition coefficient (Wildman–Crippen LogP) is 3.43. The number of rotatable bonds is 1. The van der Waals surface area contributed by atoms with Gasteiger partial charge in [-0.2, -0.15) is 0 Å². The molecule has 10 heavy (non-hydrogen) atoms. The van der Waals surface area contributed by atoms with E-state index in [0.717, 1.165) is 11.3 Å². The molecular formula is C5HCl3OS. The van der Waals surface area contributed by atoms with E-state index in [0.29, 0.717) is 14.2 Å². The molecule has 0 bridgehead atoms. The van der Waals surface area contributed by atoms with Crippen LogP contribution in [-0.2, 0) is 0 Å². The molecule has 0 unspecified atom stereocenters. The quantitative estimate of drug-likeness (QED) is 0.656. The molecule has 1 aromatic rings. The van der Waals surface area contributed by atoms with Crippen molar-refractivity contribution in [2.24, 2.45) is 0 Å². The molecule has 0 N–H and O–H groups in total. The Morgan fingerprint density at radius 2 is 2.10 bits per heavy atom. The van der Waals surface area contributed by atoms with Crippen molar-refractivity contribution in [2.45, 2.75) is 0 Å². The van der Waals surface area contributed by atoms with E-state index in [9.17, 15) is 4.79 Å². The van der Waals surface area contributed by atoms with E-state index in [1.165, 1.54) is 6.07 Å². The first kappa shape index (κ1) is 8.34. The van der Waals surface area contributed by atoms with E-state index in [4.69, 9.17) is 34.8 Å². The third-order valence-corrected chi connectivity index (χ3v) is 2.81. The maximum Gasteiger partial charge on any atom is 0.263 e. The summed E-state index contributed by atoms with van der Waals surface area (Å²) < 4.78 is 0.467. The van der Waals surface area contributed by atoms with Gasteiger partial charge in [-0.05, 0) is 17.7 Å². The van der Waals surface area contributed by atoms with E-state index < -0.39 is 5.24 Å². The van der Waals surface area contributed by atoms with Crippen LogP contribution < -0.4 is 0 Å². The van der Waals surface area contributed by atoms with Crippen LogP contribution in [0.25, 0.3) is 0 Å². The Balaban J connectivity index is 3.15. The number of carbonyl (C=O) groups is 1. The Hall–Kier alpha value is 0.240. The summed E-state index contributed by atoms with van der Waals surface area (Å²) in [5, 5.41) is -0.253. The van der Waals surface area contributed by atoms with Gasteiger partial charge in [0.1, 0.15) is 4.88 Å². The lowest BCUT2D eigenvalue weighted by molar-refractivity contribution is 0.108. The van der Waals surface area contributed by atoms with E-state index in [1.54, 1.807) is 0 Å². The molecule has 1 nitrogen and oxygen atoms in total. The van der Waals surface area contributed by atoms with Crippen LogP contribution in [0.1, 0.15) is 9.67 Å². The molecule has 5 heteroatoms. The summed E-state index contributed by atoms with van der Waals surface area (Å²) in [7, 11) is 0. The van der Waals surface area contributed by atoms with Crippen molar-refractivity contribution >= 4 is 51.4 Å². The highest BCUT2D eigenvalue weighted by atomic mass is 35.5. The molecular weight excluding hydrogens is 214 g/mol. The van der Waals surface area contributed by atoms with Gasteiger partial charge in [-0.25, -0.2) is 0 Å². The van der Waals surface area contributed by atoms with Crippen molar-refractivity contribution in [3.8, 4) is 0 Å². The van der Waals surface area contributed by atoms with Crippen molar-refractivity contribution < 1.29 is 4.79 Å². The van der Waals surface area contributed by atoms with Crippen LogP contribution in [0, 0.1) is 0 Å². The summed E-state index contributed by atoms with van der Waals surface area (Å²) in [6.07, 6.45) is 0. The van der Waals surface area contributed by atoms with Gasteiger partial charge in [-0.1, -0.05) is 23.2 Å². The summed E-state index contributed by atoms with van der Waals surface area (Å²) >= 11 is 17.3. The van der Waals surface area contributed by atoms with Gasteiger partial charge in [-0.3, -0.25) is 4.79 Å². The first-order valence-electron chi connectivity index (χ1n) is 2.26. The molecule has 0 aliphatic carbocycles. The van der Waals surface area contributed by atoms with E-state index in [1.807, 2.05) is 0 Å². The van der Waals surface area contributed by atoms with E-state index in [-0.39, 0.29) is 0 Å². The highest BCUT2D eigenvalue weighted by Gasteiger charge is 2.11. The summed E-state index contributed by atoms with van der Waals surface area (Å²) in [5.74, 6) is 0. The number of hydrogen-bond donors (Lipinski definition) is 0. The third kappa shape index (κ3) is 1.64. The van der Waals surface area contributed by atoms with Gasteiger partial charge in [0.15, 0.2) is 0 Å². The first-order valence-corrected chi connectivity index (χ1v) is 4.21. The lowest BCUT2D eigenvalue weighted by Gasteiger charge is -1.82. The molecule has 0 amide bonds. The average molecular weight is 215 g/mol. The lowest BCUT2D eigenvalue weighted by atomic mass is 10.5.